The van der Waals surface area contributed by atoms with Crippen molar-refractivity contribution < 1.29 is 18.3 Å². The molecule has 0 aliphatic carbocycles. The number of nitriles is 1. The van der Waals surface area contributed by atoms with Gasteiger partial charge in [0.15, 0.2) is 11.6 Å². The van der Waals surface area contributed by atoms with Crippen LogP contribution in [0.5, 0.6) is 5.88 Å². The first kappa shape index (κ1) is 27.8. The summed E-state index contributed by atoms with van der Waals surface area (Å²) in [6, 6.07) is 13.0. The lowest BCUT2D eigenvalue weighted by Crippen LogP contribution is -2.49. The monoisotopic (exact) mass is 565 g/mol. The van der Waals surface area contributed by atoms with Crippen molar-refractivity contribution in [2.45, 2.75) is 38.2 Å². The van der Waals surface area contributed by atoms with E-state index in [0.29, 0.717) is 67.5 Å². The molecule has 4 heterocycles. The fourth-order valence-corrected chi connectivity index (χ4v) is 5.90. The van der Waals surface area contributed by atoms with Crippen LogP contribution in [0, 0.1) is 34.8 Å². The van der Waals surface area contributed by atoms with Crippen LogP contribution in [0.3, 0.4) is 0 Å². The Labute approximate surface area is 237 Å². The van der Waals surface area contributed by atoms with E-state index in [-0.39, 0.29) is 29.8 Å². The van der Waals surface area contributed by atoms with Crippen LogP contribution < -0.4 is 9.64 Å². The molecule has 3 atom stereocenters. The molecule has 5 rings (SSSR count). The number of hydrogen-bond acceptors (Lipinski definition) is 6. The summed E-state index contributed by atoms with van der Waals surface area (Å²) < 4.78 is 34.2. The van der Waals surface area contributed by atoms with Gasteiger partial charge in [-0.1, -0.05) is 17.7 Å². The second-order valence-corrected chi connectivity index (χ2v) is 10.9. The molecule has 0 saturated carbocycles. The zero-order chi connectivity index (χ0) is 28.2. The molecule has 40 heavy (non-hydrogen) atoms. The quantitative estimate of drug-likeness (QED) is 0.387. The van der Waals surface area contributed by atoms with Gasteiger partial charge >= 0.3 is 0 Å². The van der Waals surface area contributed by atoms with Crippen molar-refractivity contribution in [3.05, 3.63) is 82.6 Å². The lowest BCUT2D eigenvalue weighted by molar-refractivity contribution is -0.138. The summed E-state index contributed by atoms with van der Waals surface area (Å²) in [6.45, 7) is 4.28. The molecular formula is C30H30ClF2N5O2. The normalized spacial score (nSPS) is 20.6. The van der Waals surface area contributed by atoms with E-state index in [1.165, 1.54) is 12.3 Å². The third-order valence-electron chi connectivity index (χ3n) is 8.00. The van der Waals surface area contributed by atoms with Crippen LogP contribution >= 0.6 is 11.6 Å². The highest BCUT2D eigenvalue weighted by Crippen LogP contribution is 2.38. The number of anilines is 1. The molecule has 2 saturated heterocycles. The highest BCUT2D eigenvalue weighted by atomic mass is 35.5. The van der Waals surface area contributed by atoms with Gasteiger partial charge in [0.25, 0.3) is 0 Å². The molecule has 3 aromatic rings. The molecule has 0 radical (unpaired) electrons. The molecule has 7 nitrogen and oxygen atoms in total. The van der Waals surface area contributed by atoms with E-state index in [9.17, 15) is 13.6 Å². The number of ether oxygens (including phenoxy) is 1. The van der Waals surface area contributed by atoms with E-state index in [1.54, 1.807) is 30.5 Å². The number of pyridine rings is 2. The Hall–Kier alpha value is -3.77. The van der Waals surface area contributed by atoms with E-state index in [2.05, 4.69) is 20.9 Å². The van der Waals surface area contributed by atoms with Crippen LogP contribution in [0.25, 0.3) is 0 Å². The predicted octanol–water partition coefficient (Wildman–Crippen LogP) is 5.60. The fraction of sp³-hybridized carbons (Fsp3) is 0.400. The number of rotatable bonds is 6. The van der Waals surface area contributed by atoms with Crippen LogP contribution in [0.1, 0.15) is 43.2 Å². The Morgan fingerprint density at radius 2 is 1.85 bits per heavy atom. The van der Waals surface area contributed by atoms with Gasteiger partial charge < -0.3 is 14.5 Å². The number of piperidine rings is 2. The Balaban J connectivity index is 1.28. The molecule has 1 amide bonds. The molecule has 0 N–H and O–H groups in total. The number of hydrogen-bond donors (Lipinski definition) is 0. The van der Waals surface area contributed by atoms with Gasteiger partial charge in [0.05, 0.1) is 10.6 Å². The Morgan fingerprint density at radius 3 is 2.50 bits per heavy atom. The van der Waals surface area contributed by atoms with Gasteiger partial charge in [-0.2, -0.15) is 5.26 Å². The first-order valence-corrected chi connectivity index (χ1v) is 13.8. The van der Waals surface area contributed by atoms with Gasteiger partial charge in [0.1, 0.15) is 18.0 Å². The van der Waals surface area contributed by atoms with E-state index in [0.717, 1.165) is 11.9 Å². The SMILES string of the molecule is C[C@H](Oc1ccc(Cl)cn1)[C@H]1CCN(C(=O)C2CCN(c3ccc(C#N)cn3)CC2)C[C@@H]1c1ccc(F)c(F)c1. The zero-order valence-electron chi connectivity index (χ0n) is 22.1. The molecule has 0 unspecified atom stereocenters. The largest absolute Gasteiger partial charge is 0.474 e. The van der Waals surface area contributed by atoms with Gasteiger partial charge in [-0.3, -0.25) is 4.79 Å². The molecule has 0 spiro atoms. The highest BCUT2D eigenvalue weighted by Gasteiger charge is 2.39. The molecule has 0 bridgehead atoms. The summed E-state index contributed by atoms with van der Waals surface area (Å²) in [7, 11) is 0. The first-order chi connectivity index (χ1) is 19.3. The smallest absolute Gasteiger partial charge is 0.225 e. The van der Waals surface area contributed by atoms with E-state index in [1.807, 2.05) is 17.9 Å². The van der Waals surface area contributed by atoms with Crippen molar-refractivity contribution in [1.29, 1.82) is 5.26 Å². The minimum Gasteiger partial charge on any atom is -0.474 e. The van der Waals surface area contributed by atoms with Crippen molar-refractivity contribution in [2.24, 2.45) is 11.8 Å². The van der Waals surface area contributed by atoms with Gasteiger partial charge in [-0.15, -0.1) is 0 Å². The summed E-state index contributed by atoms with van der Waals surface area (Å²) >= 11 is 5.95. The number of halogens is 3. The Kier molecular flexibility index (Phi) is 8.46. The van der Waals surface area contributed by atoms with Crippen molar-refractivity contribution in [1.82, 2.24) is 14.9 Å². The number of carbonyl (C=O) groups is 1. The topological polar surface area (TPSA) is 82.4 Å². The number of amides is 1. The maximum absolute atomic E-state index is 14.3. The van der Waals surface area contributed by atoms with Crippen LogP contribution in [0.4, 0.5) is 14.6 Å². The second-order valence-electron chi connectivity index (χ2n) is 10.4. The summed E-state index contributed by atoms with van der Waals surface area (Å²) in [4.78, 5) is 26.2. The second kappa shape index (κ2) is 12.2. The van der Waals surface area contributed by atoms with Crippen LogP contribution in [-0.2, 0) is 4.79 Å². The van der Waals surface area contributed by atoms with Crippen molar-refractivity contribution in [2.75, 3.05) is 31.1 Å². The fourth-order valence-electron chi connectivity index (χ4n) is 5.79. The van der Waals surface area contributed by atoms with E-state index < -0.39 is 11.6 Å². The molecule has 2 aliphatic rings. The predicted molar refractivity (Wildman–Crippen MR) is 147 cm³/mol. The van der Waals surface area contributed by atoms with Gasteiger partial charge in [0.2, 0.25) is 11.8 Å². The molecule has 208 valence electrons. The van der Waals surface area contributed by atoms with Crippen LogP contribution in [0.2, 0.25) is 5.02 Å². The number of benzene rings is 1. The third kappa shape index (κ3) is 6.18. The summed E-state index contributed by atoms with van der Waals surface area (Å²) in [5.41, 5.74) is 1.15. The van der Waals surface area contributed by atoms with E-state index >= 15 is 0 Å². The lowest BCUT2D eigenvalue weighted by atomic mass is 9.77. The lowest BCUT2D eigenvalue weighted by Gasteiger charge is -2.43. The highest BCUT2D eigenvalue weighted by molar-refractivity contribution is 6.30. The standard InChI is InChI=1S/C30H30ClF2N5O2/c1-19(40-29-7-4-23(31)17-36-29)24-10-13-38(18-25(24)22-3-5-26(32)27(33)14-22)30(39)21-8-11-37(12-9-21)28-6-2-20(15-34)16-35-28/h2-7,14,16-17,19,21,24-25H,8-13,18H2,1H3/t19-,24+,25+/m0/s1. The molecule has 2 aliphatic heterocycles. The van der Waals surface area contributed by atoms with Crippen molar-refractivity contribution in [3.8, 4) is 11.9 Å². The van der Waals surface area contributed by atoms with Crippen LogP contribution in [-0.4, -0.2) is 53.1 Å². The van der Waals surface area contributed by atoms with Gasteiger partial charge in [0, 0.05) is 62.4 Å². The maximum Gasteiger partial charge on any atom is 0.225 e. The molecule has 2 aromatic heterocycles. The summed E-state index contributed by atoms with van der Waals surface area (Å²) in [6.07, 6.45) is 4.82. The molecule has 1 aromatic carbocycles. The number of likely N-dealkylation sites (tertiary alicyclic amines) is 1. The number of carbonyl (C=O) groups excluding carboxylic acids is 1. The summed E-state index contributed by atoms with van der Waals surface area (Å²) in [5, 5.41) is 9.51. The third-order valence-corrected chi connectivity index (χ3v) is 8.23. The average molecular weight is 566 g/mol. The minimum atomic E-state index is -0.906. The van der Waals surface area contributed by atoms with E-state index in [4.69, 9.17) is 21.6 Å². The minimum absolute atomic E-state index is 0.0457. The molecular weight excluding hydrogens is 536 g/mol. The van der Waals surface area contributed by atoms with Gasteiger partial charge in [-0.05, 0) is 62.1 Å². The molecule has 2 fully saturated rings. The molecule has 10 heteroatoms. The zero-order valence-corrected chi connectivity index (χ0v) is 22.9. The average Bonchev–Trinajstić information content (AvgIpc) is 2.99. The van der Waals surface area contributed by atoms with Crippen molar-refractivity contribution in [3.63, 3.8) is 0 Å². The van der Waals surface area contributed by atoms with Crippen molar-refractivity contribution >= 4 is 23.3 Å². The Morgan fingerprint density at radius 1 is 1.05 bits per heavy atom. The van der Waals surface area contributed by atoms with Crippen LogP contribution in [0.15, 0.2) is 54.9 Å². The summed E-state index contributed by atoms with van der Waals surface area (Å²) in [5.74, 6) is -0.890. The van der Waals surface area contributed by atoms with Gasteiger partial charge in [-0.25, -0.2) is 18.7 Å². The number of aromatic nitrogens is 2. The maximum atomic E-state index is 14.3. The Bertz CT molecular complexity index is 1370. The first-order valence-electron chi connectivity index (χ1n) is 13.5. The number of nitrogens with zero attached hydrogens (tertiary/aromatic N) is 5.